The third kappa shape index (κ3) is 2.88. The Hall–Kier alpha value is -4.51. The molecule has 4 aliphatic rings. The summed E-state index contributed by atoms with van der Waals surface area (Å²) < 4.78 is 5.49. The van der Waals surface area contributed by atoms with Gasteiger partial charge in [-0.25, -0.2) is 9.69 Å². The highest BCUT2D eigenvalue weighted by Gasteiger charge is 2.68. The van der Waals surface area contributed by atoms with Gasteiger partial charge >= 0.3 is 5.97 Å². The summed E-state index contributed by atoms with van der Waals surface area (Å²) in [6.07, 6.45) is 0. The van der Waals surface area contributed by atoms with Crippen molar-refractivity contribution in [3.05, 3.63) is 131 Å². The third-order valence-electron chi connectivity index (χ3n) is 8.33. The molecule has 2 atom stereocenters. The number of hydrogen-bond acceptors (Lipinski definition) is 4. The molecule has 5 nitrogen and oxygen atoms in total. The largest absolute Gasteiger partial charge is 0.423 e. The van der Waals surface area contributed by atoms with Crippen LogP contribution in [-0.4, -0.2) is 17.8 Å². The maximum atomic E-state index is 14.1. The number of amides is 2. The van der Waals surface area contributed by atoms with Crippen molar-refractivity contribution in [1.29, 1.82) is 0 Å². The number of esters is 1. The summed E-state index contributed by atoms with van der Waals surface area (Å²) in [6.45, 7) is 1.96. The molecule has 180 valence electrons. The second kappa shape index (κ2) is 7.74. The zero-order valence-corrected chi connectivity index (χ0v) is 20.1. The van der Waals surface area contributed by atoms with E-state index in [0.717, 1.165) is 22.3 Å². The van der Waals surface area contributed by atoms with Gasteiger partial charge in [-0.2, -0.15) is 0 Å². The first-order valence-corrected chi connectivity index (χ1v) is 12.4. The minimum absolute atomic E-state index is 0.171. The van der Waals surface area contributed by atoms with Crippen LogP contribution in [0.3, 0.4) is 0 Å². The average molecular weight is 486 g/mol. The van der Waals surface area contributed by atoms with E-state index in [0.29, 0.717) is 17.0 Å². The smallest absolute Gasteiger partial charge is 0.343 e. The van der Waals surface area contributed by atoms with Crippen LogP contribution < -0.4 is 9.64 Å². The Morgan fingerprint density at radius 3 is 1.86 bits per heavy atom. The topological polar surface area (TPSA) is 63.7 Å². The summed E-state index contributed by atoms with van der Waals surface area (Å²) in [4.78, 5) is 41.9. The zero-order chi connectivity index (χ0) is 25.3. The Balaban J connectivity index is 1.26. The van der Waals surface area contributed by atoms with Crippen LogP contribution in [0.5, 0.6) is 5.75 Å². The summed E-state index contributed by atoms with van der Waals surface area (Å²) in [6, 6.07) is 31.8. The Labute approximate surface area is 214 Å². The van der Waals surface area contributed by atoms with E-state index in [1.165, 1.54) is 4.90 Å². The lowest BCUT2D eigenvalue weighted by Gasteiger charge is -2.51. The van der Waals surface area contributed by atoms with Crippen molar-refractivity contribution in [3.63, 3.8) is 0 Å². The SMILES string of the molecule is CC12C(=O)N(c3ccc(OC(=O)c4ccccc4)cc3)C(=O)C1C1c3ccccc3C2c2ccccc21. The molecule has 4 aromatic rings. The predicted octanol–water partition coefficient (Wildman–Crippen LogP) is 5.69. The molecular formula is C32H23NO4. The molecule has 1 saturated heterocycles. The summed E-state index contributed by atoms with van der Waals surface area (Å²) >= 11 is 0. The number of carbonyl (C=O) groups excluding carboxylic acids is 3. The molecule has 2 unspecified atom stereocenters. The molecule has 1 heterocycles. The number of anilines is 1. The molecule has 1 aliphatic heterocycles. The highest BCUT2D eigenvalue weighted by Crippen LogP contribution is 2.67. The first kappa shape index (κ1) is 21.7. The van der Waals surface area contributed by atoms with Crippen molar-refractivity contribution in [3.8, 4) is 5.75 Å². The fourth-order valence-electron chi connectivity index (χ4n) is 6.76. The lowest BCUT2D eigenvalue weighted by molar-refractivity contribution is -0.128. The van der Waals surface area contributed by atoms with Crippen molar-refractivity contribution in [2.75, 3.05) is 4.90 Å². The van der Waals surface area contributed by atoms with Gasteiger partial charge < -0.3 is 4.74 Å². The number of nitrogens with zero attached hydrogens (tertiary/aromatic N) is 1. The number of imide groups is 1. The van der Waals surface area contributed by atoms with Crippen molar-refractivity contribution < 1.29 is 19.1 Å². The van der Waals surface area contributed by atoms with Crippen LogP contribution in [0.25, 0.3) is 0 Å². The second-order valence-electron chi connectivity index (χ2n) is 10.2. The van der Waals surface area contributed by atoms with Gasteiger partial charge in [0.1, 0.15) is 5.75 Å². The lowest BCUT2D eigenvalue weighted by atomic mass is 9.48. The first-order valence-electron chi connectivity index (χ1n) is 12.4. The van der Waals surface area contributed by atoms with E-state index in [4.69, 9.17) is 4.74 Å². The first-order chi connectivity index (χ1) is 18.0. The predicted molar refractivity (Wildman–Crippen MR) is 139 cm³/mol. The average Bonchev–Trinajstić information content (AvgIpc) is 3.15. The van der Waals surface area contributed by atoms with Crippen LogP contribution in [-0.2, 0) is 9.59 Å². The van der Waals surface area contributed by atoms with E-state index in [1.54, 1.807) is 48.5 Å². The van der Waals surface area contributed by atoms with E-state index < -0.39 is 17.3 Å². The standard InChI is InChI=1S/C32H23NO4/c1-32-27-24-13-7-5-11-22(24)26(23-12-6-8-14-25(23)27)28(32)29(34)33(31(32)36)20-15-17-21(18-16-20)37-30(35)19-9-3-2-4-10-19/h2-18,26-28H,1H3. The second-order valence-corrected chi connectivity index (χ2v) is 10.2. The molecule has 1 fully saturated rings. The summed E-state index contributed by atoms with van der Waals surface area (Å²) in [5.74, 6) is -1.33. The molecular weight excluding hydrogens is 462 g/mol. The normalized spacial score (nSPS) is 24.9. The molecule has 0 radical (unpaired) electrons. The Bertz CT molecular complexity index is 1550. The van der Waals surface area contributed by atoms with Crippen molar-refractivity contribution in [2.45, 2.75) is 18.8 Å². The van der Waals surface area contributed by atoms with Crippen LogP contribution in [0.2, 0.25) is 0 Å². The molecule has 8 rings (SSSR count). The van der Waals surface area contributed by atoms with Gasteiger partial charge in [0.25, 0.3) is 0 Å². The van der Waals surface area contributed by atoms with E-state index in [2.05, 4.69) is 24.3 Å². The molecule has 4 aromatic carbocycles. The monoisotopic (exact) mass is 485 g/mol. The molecule has 0 aromatic heterocycles. The zero-order valence-electron chi connectivity index (χ0n) is 20.1. The fourth-order valence-corrected chi connectivity index (χ4v) is 6.76. The minimum atomic E-state index is -0.886. The van der Waals surface area contributed by atoms with Crippen LogP contribution in [0.1, 0.15) is 51.4 Å². The van der Waals surface area contributed by atoms with Crippen LogP contribution in [0.4, 0.5) is 5.69 Å². The Morgan fingerprint density at radius 1 is 0.730 bits per heavy atom. The molecule has 3 aliphatic carbocycles. The van der Waals surface area contributed by atoms with Gasteiger partial charge in [0.15, 0.2) is 0 Å². The number of carbonyl (C=O) groups is 3. The van der Waals surface area contributed by atoms with E-state index in [-0.39, 0.29) is 23.7 Å². The van der Waals surface area contributed by atoms with Crippen molar-refractivity contribution >= 4 is 23.5 Å². The molecule has 37 heavy (non-hydrogen) atoms. The van der Waals surface area contributed by atoms with E-state index in [9.17, 15) is 14.4 Å². The Morgan fingerprint density at radius 2 is 1.27 bits per heavy atom. The molecule has 0 saturated carbocycles. The summed E-state index contributed by atoms with van der Waals surface area (Å²) in [5, 5.41) is 0. The van der Waals surface area contributed by atoms with Gasteiger partial charge in [-0.3, -0.25) is 9.59 Å². The third-order valence-corrected chi connectivity index (χ3v) is 8.33. The molecule has 5 heteroatoms. The van der Waals surface area contributed by atoms with Crippen LogP contribution in [0.15, 0.2) is 103 Å². The lowest BCUT2D eigenvalue weighted by Crippen LogP contribution is -2.49. The van der Waals surface area contributed by atoms with Crippen LogP contribution >= 0.6 is 0 Å². The van der Waals surface area contributed by atoms with Crippen molar-refractivity contribution in [1.82, 2.24) is 0 Å². The van der Waals surface area contributed by atoms with Gasteiger partial charge in [0.05, 0.1) is 22.6 Å². The highest BCUT2D eigenvalue weighted by molar-refractivity contribution is 6.25. The number of rotatable bonds is 3. The van der Waals surface area contributed by atoms with Gasteiger partial charge in [-0.15, -0.1) is 0 Å². The van der Waals surface area contributed by atoms with E-state index >= 15 is 0 Å². The van der Waals surface area contributed by atoms with Crippen molar-refractivity contribution in [2.24, 2.45) is 11.3 Å². The quantitative estimate of drug-likeness (QED) is 0.212. The highest BCUT2D eigenvalue weighted by atomic mass is 16.5. The van der Waals surface area contributed by atoms with Crippen LogP contribution in [0, 0.1) is 11.3 Å². The number of hydrogen-bond donors (Lipinski definition) is 0. The van der Waals surface area contributed by atoms with Gasteiger partial charge in [0.2, 0.25) is 11.8 Å². The summed E-state index contributed by atoms with van der Waals surface area (Å²) in [7, 11) is 0. The van der Waals surface area contributed by atoms with E-state index in [1.807, 2.05) is 37.3 Å². The Kier molecular flexibility index (Phi) is 4.55. The fraction of sp³-hybridized carbons (Fsp3) is 0.156. The number of benzene rings is 4. The molecule has 0 N–H and O–H groups in total. The molecule has 2 amide bonds. The maximum absolute atomic E-state index is 14.1. The van der Waals surface area contributed by atoms with Gasteiger partial charge in [0, 0.05) is 11.8 Å². The maximum Gasteiger partial charge on any atom is 0.343 e. The minimum Gasteiger partial charge on any atom is -0.423 e. The molecule has 2 bridgehead atoms. The molecule has 0 spiro atoms. The van der Waals surface area contributed by atoms with Gasteiger partial charge in [-0.1, -0.05) is 66.7 Å². The van der Waals surface area contributed by atoms with Gasteiger partial charge in [-0.05, 0) is 65.6 Å². The number of ether oxygens (including phenoxy) is 1. The summed E-state index contributed by atoms with van der Waals surface area (Å²) in [5.41, 5.74) is 4.59.